The number of H-pyrrole nitrogens is 1. The van der Waals surface area contributed by atoms with Crippen LogP contribution in [0, 0.1) is 0 Å². The molecule has 2 N–H and O–H groups in total. The van der Waals surface area contributed by atoms with Crippen molar-refractivity contribution in [2.24, 2.45) is 0 Å². The Balaban J connectivity index is 1.56. The molecule has 0 spiro atoms. The summed E-state index contributed by atoms with van der Waals surface area (Å²) in [5.74, 6) is 0.120. The van der Waals surface area contributed by atoms with Crippen LogP contribution in [-0.4, -0.2) is 89.1 Å². The second-order valence-corrected chi connectivity index (χ2v) is 6.59. The molecule has 3 heterocycles. The number of hydrogen-bond acceptors (Lipinski definition) is 5. The summed E-state index contributed by atoms with van der Waals surface area (Å²) in [5, 5.41) is 10.5. The number of carbonyl (C=O) groups excluding carboxylic acids is 2. The topological polar surface area (TPSA) is 84.6 Å². The second-order valence-electron chi connectivity index (χ2n) is 6.59. The maximum absolute atomic E-state index is 12.8. The molecule has 8 nitrogen and oxygen atoms in total. The number of hydrogen-bond donors (Lipinski definition) is 2. The third-order valence-corrected chi connectivity index (χ3v) is 5.18. The average Bonchev–Trinajstić information content (AvgIpc) is 3.09. The Morgan fingerprint density at radius 1 is 1.12 bits per heavy atom. The lowest BCUT2D eigenvalue weighted by Crippen LogP contribution is -2.52. The van der Waals surface area contributed by atoms with E-state index in [1.807, 2.05) is 9.80 Å². The molecule has 2 aliphatic rings. The van der Waals surface area contributed by atoms with E-state index in [-0.39, 0.29) is 11.8 Å². The molecule has 138 valence electrons. The van der Waals surface area contributed by atoms with E-state index in [1.54, 1.807) is 0 Å². The van der Waals surface area contributed by atoms with Gasteiger partial charge in [0.05, 0.1) is 6.54 Å². The number of rotatable bonds is 5. The predicted molar refractivity (Wildman–Crippen MR) is 94.3 cm³/mol. The van der Waals surface area contributed by atoms with Gasteiger partial charge in [-0.15, -0.1) is 0 Å². The van der Waals surface area contributed by atoms with Gasteiger partial charge in [-0.3, -0.25) is 19.6 Å². The van der Waals surface area contributed by atoms with E-state index in [9.17, 15) is 9.59 Å². The Bertz CT molecular complexity index is 617. The number of nitrogens with one attached hydrogen (secondary N) is 2. The van der Waals surface area contributed by atoms with Gasteiger partial charge in [0.2, 0.25) is 5.91 Å². The highest BCUT2D eigenvalue weighted by Gasteiger charge is 2.29. The zero-order valence-corrected chi connectivity index (χ0v) is 15.2. The molecule has 1 aromatic heterocycles. The van der Waals surface area contributed by atoms with Gasteiger partial charge in [0.25, 0.3) is 5.91 Å². The highest BCUT2D eigenvalue weighted by atomic mass is 16.2. The molecule has 0 aliphatic carbocycles. The first-order chi connectivity index (χ1) is 12.1. The van der Waals surface area contributed by atoms with Crippen molar-refractivity contribution in [1.82, 2.24) is 30.2 Å². The second kappa shape index (κ2) is 7.97. The first kappa shape index (κ1) is 17.9. The Hall–Kier alpha value is -1.93. The van der Waals surface area contributed by atoms with Crippen molar-refractivity contribution in [2.45, 2.75) is 26.8 Å². The predicted octanol–water partition coefficient (Wildman–Crippen LogP) is -0.318. The van der Waals surface area contributed by atoms with Crippen molar-refractivity contribution >= 4 is 11.8 Å². The van der Waals surface area contributed by atoms with Crippen LogP contribution in [0.25, 0.3) is 0 Å². The van der Waals surface area contributed by atoms with Crippen molar-refractivity contribution in [3.8, 4) is 0 Å². The maximum Gasteiger partial charge on any atom is 0.274 e. The summed E-state index contributed by atoms with van der Waals surface area (Å²) < 4.78 is 0. The average molecular weight is 348 g/mol. The largest absolute Gasteiger partial charge is 0.338 e. The molecule has 1 saturated heterocycles. The summed E-state index contributed by atoms with van der Waals surface area (Å²) in [7, 11) is 0. The highest BCUT2D eigenvalue weighted by molar-refractivity contribution is 5.94. The third kappa shape index (κ3) is 3.85. The van der Waals surface area contributed by atoms with E-state index in [2.05, 4.69) is 34.3 Å². The Labute approximate surface area is 148 Å². The zero-order valence-electron chi connectivity index (χ0n) is 15.2. The van der Waals surface area contributed by atoms with E-state index in [0.717, 1.165) is 37.3 Å². The minimum atomic E-state index is -0.0305. The lowest BCUT2D eigenvalue weighted by molar-refractivity contribution is -0.133. The summed E-state index contributed by atoms with van der Waals surface area (Å²) >= 11 is 0. The van der Waals surface area contributed by atoms with Crippen LogP contribution in [0.4, 0.5) is 0 Å². The van der Waals surface area contributed by atoms with Crippen molar-refractivity contribution in [3.05, 3.63) is 17.0 Å². The van der Waals surface area contributed by atoms with Gasteiger partial charge in [-0.25, -0.2) is 0 Å². The number of likely N-dealkylation sites (N-methyl/N-ethyl adjacent to an activating group) is 1. The minimum Gasteiger partial charge on any atom is -0.338 e. The van der Waals surface area contributed by atoms with Gasteiger partial charge in [0.15, 0.2) is 5.69 Å². The van der Waals surface area contributed by atoms with Crippen LogP contribution in [-0.2, 0) is 17.8 Å². The van der Waals surface area contributed by atoms with Crippen molar-refractivity contribution in [1.29, 1.82) is 0 Å². The van der Waals surface area contributed by atoms with E-state index >= 15 is 0 Å². The summed E-state index contributed by atoms with van der Waals surface area (Å²) in [6, 6.07) is 0. The molecular weight excluding hydrogens is 320 g/mol. The summed E-state index contributed by atoms with van der Waals surface area (Å²) in [5.41, 5.74) is 2.59. The van der Waals surface area contributed by atoms with E-state index in [1.165, 1.54) is 0 Å². The number of carbonyl (C=O) groups is 2. The quantitative estimate of drug-likeness (QED) is 0.762. The van der Waals surface area contributed by atoms with E-state index in [0.29, 0.717) is 45.0 Å². The highest BCUT2D eigenvalue weighted by Crippen LogP contribution is 2.18. The number of aromatic amines is 1. The fourth-order valence-electron chi connectivity index (χ4n) is 3.45. The molecule has 3 rings (SSSR count). The molecule has 25 heavy (non-hydrogen) atoms. The number of piperazine rings is 1. The van der Waals surface area contributed by atoms with Crippen LogP contribution >= 0.6 is 0 Å². The van der Waals surface area contributed by atoms with E-state index < -0.39 is 0 Å². The summed E-state index contributed by atoms with van der Waals surface area (Å²) in [4.78, 5) is 31.0. The van der Waals surface area contributed by atoms with Crippen LogP contribution in [0.1, 0.15) is 35.6 Å². The van der Waals surface area contributed by atoms with Crippen LogP contribution in [0.3, 0.4) is 0 Å². The van der Waals surface area contributed by atoms with Gasteiger partial charge in [-0.2, -0.15) is 5.10 Å². The molecule has 0 radical (unpaired) electrons. The third-order valence-electron chi connectivity index (χ3n) is 5.18. The molecule has 0 bridgehead atoms. The zero-order chi connectivity index (χ0) is 17.8. The van der Waals surface area contributed by atoms with Gasteiger partial charge in [0, 0.05) is 56.9 Å². The van der Waals surface area contributed by atoms with Gasteiger partial charge in [-0.05, 0) is 13.1 Å². The number of aromatic nitrogens is 2. The fourth-order valence-corrected chi connectivity index (χ4v) is 3.45. The minimum absolute atomic E-state index is 0.0305. The van der Waals surface area contributed by atoms with E-state index in [4.69, 9.17) is 0 Å². The summed E-state index contributed by atoms with van der Waals surface area (Å²) in [6.07, 6.45) is 0.878. The molecular formula is C17H28N6O2. The Kier molecular flexibility index (Phi) is 5.70. The van der Waals surface area contributed by atoms with Crippen LogP contribution in [0.15, 0.2) is 0 Å². The number of nitrogens with zero attached hydrogens (tertiary/aromatic N) is 4. The standard InChI is InChI=1S/C17H28N6O2/c1-3-21(4-2)12-15(24)22-7-9-23(10-8-22)17(25)16-13-11-18-6-5-14(13)19-20-16/h18H,3-12H2,1-2H3,(H,19,20). The Morgan fingerprint density at radius 2 is 1.80 bits per heavy atom. The van der Waals surface area contributed by atoms with Gasteiger partial charge in [-0.1, -0.05) is 13.8 Å². The molecule has 8 heteroatoms. The number of fused-ring (bicyclic) bond motifs is 1. The van der Waals surface area contributed by atoms with Crippen molar-refractivity contribution in [3.63, 3.8) is 0 Å². The fraction of sp³-hybridized carbons (Fsp3) is 0.706. The van der Waals surface area contributed by atoms with Crippen molar-refractivity contribution in [2.75, 3.05) is 52.4 Å². The first-order valence-corrected chi connectivity index (χ1v) is 9.20. The molecule has 1 aromatic rings. The Morgan fingerprint density at radius 3 is 2.48 bits per heavy atom. The van der Waals surface area contributed by atoms with Crippen LogP contribution in [0.5, 0.6) is 0 Å². The normalized spacial score (nSPS) is 17.7. The molecule has 2 amide bonds. The van der Waals surface area contributed by atoms with Gasteiger partial charge in [0.1, 0.15) is 0 Å². The number of amides is 2. The molecule has 0 aromatic carbocycles. The molecule has 0 saturated carbocycles. The van der Waals surface area contributed by atoms with Crippen LogP contribution < -0.4 is 5.32 Å². The molecule has 2 aliphatic heterocycles. The molecule has 0 atom stereocenters. The smallest absolute Gasteiger partial charge is 0.274 e. The lowest BCUT2D eigenvalue weighted by atomic mass is 10.1. The SMILES string of the molecule is CCN(CC)CC(=O)N1CCN(C(=O)c2n[nH]c3c2CNCC3)CC1. The lowest BCUT2D eigenvalue weighted by Gasteiger charge is -2.35. The molecule has 1 fully saturated rings. The van der Waals surface area contributed by atoms with Gasteiger partial charge < -0.3 is 15.1 Å². The summed E-state index contributed by atoms with van der Waals surface area (Å²) in [6.45, 7) is 10.3. The maximum atomic E-state index is 12.8. The molecule has 0 unspecified atom stereocenters. The van der Waals surface area contributed by atoms with Crippen LogP contribution in [0.2, 0.25) is 0 Å². The van der Waals surface area contributed by atoms with Gasteiger partial charge >= 0.3 is 0 Å². The van der Waals surface area contributed by atoms with Crippen molar-refractivity contribution < 1.29 is 9.59 Å². The monoisotopic (exact) mass is 348 g/mol. The first-order valence-electron chi connectivity index (χ1n) is 9.20.